The van der Waals surface area contributed by atoms with Crippen LogP contribution in [0.4, 0.5) is 26.3 Å². The third-order valence-corrected chi connectivity index (χ3v) is 2.55. The van der Waals surface area contributed by atoms with E-state index in [9.17, 15) is 26.3 Å². The van der Waals surface area contributed by atoms with Crippen molar-refractivity contribution in [2.75, 3.05) is 0 Å². The Morgan fingerprint density at radius 1 is 0.824 bits per heavy atom. The zero-order valence-electron chi connectivity index (χ0n) is 10.7. The lowest BCUT2D eigenvalue weighted by atomic mass is 11.5. The maximum absolute atomic E-state index is 11.6. The number of halogens is 7. The van der Waals surface area contributed by atoms with Crippen LogP contribution in [-0.2, 0) is 0 Å². The van der Waals surface area contributed by atoms with E-state index in [4.69, 9.17) is 11.1 Å². The molecule has 0 N–H and O–H groups in total. The van der Waals surface area contributed by atoms with Crippen molar-refractivity contribution < 1.29 is 26.3 Å². The van der Waals surface area contributed by atoms with Crippen LogP contribution in [0.5, 0.6) is 0 Å². The highest BCUT2D eigenvalue weighted by atomic mass is 35.6. The van der Waals surface area contributed by atoms with Gasteiger partial charge in [0, 0.05) is 0 Å². The predicted molar refractivity (Wildman–Crippen MR) is 65.7 cm³/mol. The van der Waals surface area contributed by atoms with Crippen molar-refractivity contribution in [3.05, 3.63) is 0 Å². The molecule has 0 atom stereocenters. The molecule has 0 heterocycles. The van der Waals surface area contributed by atoms with Gasteiger partial charge in [0.05, 0.1) is 0 Å². The van der Waals surface area contributed by atoms with Crippen LogP contribution in [0.15, 0.2) is 0 Å². The first-order valence-electron chi connectivity index (χ1n) is 4.66. The Morgan fingerprint density at radius 2 is 0.882 bits per heavy atom. The summed E-state index contributed by atoms with van der Waals surface area (Å²) in [5, 5.41) is 0. The number of hydrogen-bond donors (Lipinski definition) is 0. The summed E-state index contributed by atoms with van der Waals surface area (Å²) in [7, 11) is -4.00. The summed E-state index contributed by atoms with van der Waals surface area (Å²) in [6.07, 6.45) is 0. The maximum Gasteiger partial charge on any atom is 0.379 e. The molecule has 0 aliphatic heterocycles. The summed E-state index contributed by atoms with van der Waals surface area (Å²) in [6.45, 7) is 6.46. The zero-order chi connectivity index (χ0) is 15.1. The zero-order valence-corrected chi connectivity index (χ0v) is 13.5. The van der Waals surface area contributed by atoms with Crippen molar-refractivity contribution in [2.45, 2.75) is 51.8 Å². The van der Waals surface area contributed by atoms with E-state index in [0.29, 0.717) is 0 Å². The van der Waals surface area contributed by atoms with E-state index in [1.54, 1.807) is 0 Å². The average Bonchev–Trinajstić information content (AvgIpc) is 1.73. The maximum atomic E-state index is 11.6. The van der Waals surface area contributed by atoms with Gasteiger partial charge in [-0.2, -0.15) is 37.4 Å². The van der Waals surface area contributed by atoms with Crippen molar-refractivity contribution >= 4 is 26.5 Å². The minimum absolute atomic E-state index is 1.14. The SMILES string of the molecule is C[Si](C)(C)C(F)(F)F.C[Si](C)(C)Cl.FC(F)F. The van der Waals surface area contributed by atoms with Crippen molar-refractivity contribution in [2.24, 2.45) is 0 Å². The minimum atomic E-state index is -3.92. The Balaban J connectivity index is -0.000000188. The molecule has 0 radical (unpaired) electrons. The van der Waals surface area contributed by atoms with E-state index in [2.05, 4.69) is 19.6 Å². The van der Waals surface area contributed by atoms with Gasteiger partial charge in [0.25, 0.3) is 0 Å². The Hall–Kier alpha value is 0.304. The summed E-state index contributed by atoms with van der Waals surface area (Å²) in [5.41, 5.74) is 0. The van der Waals surface area contributed by atoms with Crippen LogP contribution < -0.4 is 0 Å². The van der Waals surface area contributed by atoms with Crippen LogP contribution >= 0.6 is 11.1 Å². The van der Waals surface area contributed by atoms with E-state index in [-0.39, 0.29) is 0 Å². The van der Waals surface area contributed by atoms with Crippen LogP contribution in [0.25, 0.3) is 0 Å². The fourth-order valence-electron chi connectivity index (χ4n) is 0. The molecular weight excluding hydrogens is 302 g/mol. The monoisotopic (exact) mass is 320 g/mol. The molecule has 0 spiro atoms. The van der Waals surface area contributed by atoms with Gasteiger partial charge in [0.15, 0.2) is 8.07 Å². The Labute approximate surface area is 105 Å². The molecule has 0 rings (SSSR count). The van der Waals surface area contributed by atoms with E-state index in [1.165, 1.54) is 19.6 Å². The fourth-order valence-corrected chi connectivity index (χ4v) is 0. The second kappa shape index (κ2) is 8.41. The highest BCUT2D eigenvalue weighted by Gasteiger charge is 2.44. The Bertz CT molecular complexity index is 161. The molecule has 0 unspecified atom stereocenters. The number of rotatable bonds is 0. The lowest BCUT2D eigenvalue weighted by Gasteiger charge is -2.19. The van der Waals surface area contributed by atoms with Gasteiger partial charge in [-0.3, -0.25) is 0 Å². The minimum Gasteiger partial charge on any atom is -0.177 e. The Morgan fingerprint density at radius 3 is 0.882 bits per heavy atom. The fraction of sp³-hybridized carbons (Fsp3) is 1.00. The lowest BCUT2D eigenvalue weighted by molar-refractivity contribution is -0.0552. The number of alkyl halides is 6. The highest BCUT2D eigenvalue weighted by molar-refractivity contribution is 7.18. The van der Waals surface area contributed by atoms with Crippen molar-refractivity contribution in [3.63, 3.8) is 0 Å². The van der Waals surface area contributed by atoms with Crippen molar-refractivity contribution in [1.29, 1.82) is 0 Å². The second-order valence-electron chi connectivity index (χ2n) is 5.06. The van der Waals surface area contributed by atoms with Gasteiger partial charge in [-0.25, -0.2) is 0 Å². The number of hydrogen-bond acceptors (Lipinski definition) is 0. The molecule has 0 aromatic rings. The molecule has 0 saturated carbocycles. The van der Waals surface area contributed by atoms with Gasteiger partial charge in [-0.1, -0.05) is 39.3 Å². The van der Waals surface area contributed by atoms with Crippen LogP contribution in [-0.4, -0.2) is 27.9 Å². The topological polar surface area (TPSA) is 0 Å². The molecule has 108 valence electrons. The standard InChI is InChI=1S/C4H9F3Si.C3H9ClSi.CHF3/c1-8(2,3)4(5,6)7;1-5(2,3)4;2-1(3)4/h1-3H3;1-3H3;1H. The summed E-state index contributed by atoms with van der Waals surface area (Å²) in [6, 6.07) is 0. The summed E-state index contributed by atoms with van der Waals surface area (Å²) < 4.78 is 63.9. The van der Waals surface area contributed by atoms with Crippen LogP contribution in [0.1, 0.15) is 0 Å². The summed E-state index contributed by atoms with van der Waals surface area (Å²) in [4.78, 5) is 0. The third-order valence-electron chi connectivity index (χ3n) is 0.850. The largest absolute Gasteiger partial charge is 0.379 e. The molecule has 17 heavy (non-hydrogen) atoms. The smallest absolute Gasteiger partial charge is 0.177 e. The van der Waals surface area contributed by atoms with E-state index < -0.39 is 27.9 Å². The van der Waals surface area contributed by atoms with Crippen molar-refractivity contribution in [3.8, 4) is 0 Å². The molecular formula is C8H19ClF6Si2. The quantitative estimate of drug-likeness (QED) is 0.307. The van der Waals surface area contributed by atoms with Gasteiger partial charge in [0.2, 0.25) is 0 Å². The molecule has 0 nitrogen and oxygen atoms in total. The Kier molecular flexibility index (Phi) is 11.1. The average molecular weight is 321 g/mol. The predicted octanol–water partition coefficient (Wildman–Crippen LogP) is 5.66. The van der Waals surface area contributed by atoms with Crippen LogP contribution in [0.2, 0.25) is 39.3 Å². The van der Waals surface area contributed by atoms with E-state index >= 15 is 0 Å². The molecule has 0 amide bonds. The molecule has 0 aliphatic rings. The van der Waals surface area contributed by atoms with Crippen molar-refractivity contribution in [1.82, 2.24) is 0 Å². The normalized spacial score (nSPS) is 12.4. The molecule has 9 heteroatoms. The summed E-state index contributed by atoms with van der Waals surface area (Å²) >= 11 is 5.67. The molecule has 0 aromatic carbocycles. The summed E-state index contributed by atoms with van der Waals surface area (Å²) in [5.74, 6) is -3.92. The first-order valence-corrected chi connectivity index (χ1v) is 12.7. The second-order valence-corrected chi connectivity index (χ2v) is 17.7. The molecule has 0 bridgehead atoms. The molecule has 0 aromatic heterocycles. The van der Waals surface area contributed by atoms with Crippen LogP contribution in [0, 0.1) is 0 Å². The van der Waals surface area contributed by atoms with Gasteiger partial charge in [0.1, 0.15) is 7.38 Å². The van der Waals surface area contributed by atoms with E-state index in [1.807, 2.05) is 0 Å². The first-order chi connectivity index (χ1) is 6.98. The third kappa shape index (κ3) is 38.5. The van der Waals surface area contributed by atoms with Gasteiger partial charge >= 0.3 is 12.5 Å². The lowest BCUT2D eigenvalue weighted by Crippen LogP contribution is -2.40. The molecule has 0 aliphatic carbocycles. The molecule has 0 saturated heterocycles. The molecule has 0 fully saturated rings. The van der Waals surface area contributed by atoms with E-state index in [0.717, 1.165) is 0 Å². The highest BCUT2D eigenvalue weighted by Crippen LogP contribution is 2.27. The first kappa shape index (κ1) is 22.5. The van der Waals surface area contributed by atoms with Gasteiger partial charge in [-0.05, 0) is 0 Å². The van der Waals surface area contributed by atoms with Gasteiger partial charge in [-0.15, -0.1) is 0 Å². The van der Waals surface area contributed by atoms with Gasteiger partial charge < -0.3 is 0 Å². The van der Waals surface area contributed by atoms with Crippen LogP contribution in [0.3, 0.4) is 0 Å².